The Morgan fingerprint density at radius 2 is 1.90 bits per heavy atom. The zero-order valence-electron chi connectivity index (χ0n) is 11.3. The summed E-state index contributed by atoms with van der Waals surface area (Å²) in [6.45, 7) is 2.92. The van der Waals surface area contributed by atoms with Gasteiger partial charge in [0.25, 0.3) is 5.91 Å². The van der Waals surface area contributed by atoms with Crippen LogP contribution in [0.4, 0.5) is 0 Å². The molecule has 1 amide bonds. The second-order valence-electron chi connectivity index (χ2n) is 4.65. The summed E-state index contributed by atoms with van der Waals surface area (Å²) in [5.74, 6) is -0.0911. The van der Waals surface area contributed by atoms with Crippen molar-refractivity contribution >= 4 is 17.5 Å². The van der Waals surface area contributed by atoms with Gasteiger partial charge in [0.2, 0.25) is 0 Å². The van der Waals surface area contributed by atoms with E-state index in [1.807, 2.05) is 43.3 Å². The second-order valence-corrected chi connectivity index (χ2v) is 5.09. The maximum absolute atomic E-state index is 12.1. The first-order chi connectivity index (χ1) is 9.60. The molecule has 0 spiro atoms. The summed E-state index contributed by atoms with van der Waals surface area (Å²) < 4.78 is 0. The number of hydrogen-bond acceptors (Lipinski definition) is 2. The average molecular weight is 289 g/mol. The van der Waals surface area contributed by atoms with E-state index in [2.05, 4.69) is 5.32 Å². The van der Waals surface area contributed by atoms with Crippen molar-refractivity contribution in [2.75, 3.05) is 0 Å². The smallest absolute Gasteiger partial charge is 0.251 e. The van der Waals surface area contributed by atoms with Gasteiger partial charge in [0.15, 0.2) is 0 Å². The summed E-state index contributed by atoms with van der Waals surface area (Å²) in [6.07, 6.45) is 0. The van der Waals surface area contributed by atoms with E-state index in [0.29, 0.717) is 23.7 Å². The monoisotopic (exact) mass is 288 g/mol. The molecule has 0 atom stereocenters. The predicted molar refractivity (Wildman–Crippen MR) is 81.7 cm³/mol. The van der Waals surface area contributed by atoms with Crippen LogP contribution in [0.15, 0.2) is 42.5 Å². The standard InChI is InChI=1S/C16H17ClN2O/c1-11-8-13(4-5-14(11)9-18)16(20)19-10-12-2-6-15(17)7-3-12/h2-8H,9-10,18H2,1H3,(H,19,20). The summed E-state index contributed by atoms with van der Waals surface area (Å²) >= 11 is 5.82. The van der Waals surface area contributed by atoms with E-state index in [1.54, 1.807) is 6.07 Å². The van der Waals surface area contributed by atoms with Crippen LogP contribution in [0, 0.1) is 6.92 Å². The Hall–Kier alpha value is -1.84. The van der Waals surface area contributed by atoms with Crippen LogP contribution in [-0.2, 0) is 13.1 Å². The van der Waals surface area contributed by atoms with Gasteiger partial charge in [-0.1, -0.05) is 29.8 Å². The Labute approximate surface area is 123 Å². The first kappa shape index (κ1) is 14.6. The van der Waals surface area contributed by atoms with Crippen molar-refractivity contribution in [1.82, 2.24) is 5.32 Å². The van der Waals surface area contributed by atoms with Crippen molar-refractivity contribution in [3.05, 3.63) is 69.7 Å². The van der Waals surface area contributed by atoms with E-state index in [4.69, 9.17) is 17.3 Å². The molecule has 0 unspecified atom stereocenters. The lowest BCUT2D eigenvalue weighted by molar-refractivity contribution is 0.0951. The third-order valence-corrected chi connectivity index (χ3v) is 3.44. The first-order valence-corrected chi connectivity index (χ1v) is 6.80. The predicted octanol–water partition coefficient (Wildman–Crippen LogP) is 3.04. The molecule has 0 aliphatic rings. The normalized spacial score (nSPS) is 10.3. The molecule has 0 radical (unpaired) electrons. The van der Waals surface area contributed by atoms with Crippen LogP contribution in [0.2, 0.25) is 5.02 Å². The molecule has 2 aromatic carbocycles. The molecule has 104 valence electrons. The molecule has 20 heavy (non-hydrogen) atoms. The number of nitrogens with two attached hydrogens (primary N) is 1. The molecule has 2 rings (SSSR count). The van der Waals surface area contributed by atoms with Gasteiger partial charge < -0.3 is 11.1 Å². The van der Waals surface area contributed by atoms with Crippen LogP contribution in [0.3, 0.4) is 0 Å². The average Bonchev–Trinajstić information content (AvgIpc) is 2.46. The zero-order chi connectivity index (χ0) is 14.5. The molecule has 0 aromatic heterocycles. The molecule has 0 aliphatic heterocycles. The van der Waals surface area contributed by atoms with E-state index in [9.17, 15) is 4.79 Å². The third kappa shape index (κ3) is 3.59. The van der Waals surface area contributed by atoms with Crippen molar-refractivity contribution in [3.8, 4) is 0 Å². The maximum atomic E-state index is 12.1. The highest BCUT2D eigenvalue weighted by Crippen LogP contribution is 2.12. The molecule has 4 heteroatoms. The second kappa shape index (κ2) is 6.55. The van der Waals surface area contributed by atoms with Crippen molar-refractivity contribution in [1.29, 1.82) is 0 Å². The highest BCUT2D eigenvalue weighted by molar-refractivity contribution is 6.30. The molecule has 0 bridgehead atoms. The van der Waals surface area contributed by atoms with E-state index in [-0.39, 0.29) is 5.91 Å². The van der Waals surface area contributed by atoms with Crippen LogP contribution in [0.1, 0.15) is 27.0 Å². The Bertz CT molecular complexity index is 608. The fourth-order valence-corrected chi connectivity index (χ4v) is 2.08. The van der Waals surface area contributed by atoms with Crippen molar-refractivity contribution in [3.63, 3.8) is 0 Å². The highest BCUT2D eigenvalue weighted by atomic mass is 35.5. The lowest BCUT2D eigenvalue weighted by atomic mass is 10.0. The van der Waals surface area contributed by atoms with Gasteiger partial charge in [-0.3, -0.25) is 4.79 Å². The summed E-state index contributed by atoms with van der Waals surface area (Å²) in [5, 5.41) is 3.57. The zero-order valence-corrected chi connectivity index (χ0v) is 12.1. The molecule has 0 fully saturated rings. The third-order valence-electron chi connectivity index (χ3n) is 3.19. The Balaban J connectivity index is 2.01. The quantitative estimate of drug-likeness (QED) is 0.908. The number of amides is 1. The van der Waals surface area contributed by atoms with Gasteiger partial charge in [0.1, 0.15) is 0 Å². The number of halogens is 1. The van der Waals surface area contributed by atoms with Gasteiger partial charge in [0, 0.05) is 23.7 Å². The first-order valence-electron chi connectivity index (χ1n) is 6.42. The molecule has 0 saturated heterocycles. The van der Waals surface area contributed by atoms with E-state index < -0.39 is 0 Å². The van der Waals surface area contributed by atoms with Crippen LogP contribution in [0.25, 0.3) is 0 Å². The Morgan fingerprint density at radius 1 is 1.20 bits per heavy atom. The summed E-state index contributed by atoms with van der Waals surface area (Å²) in [7, 11) is 0. The van der Waals surface area contributed by atoms with Crippen LogP contribution in [-0.4, -0.2) is 5.91 Å². The minimum Gasteiger partial charge on any atom is -0.348 e. The number of benzene rings is 2. The molecule has 3 nitrogen and oxygen atoms in total. The van der Waals surface area contributed by atoms with Crippen LogP contribution >= 0.6 is 11.6 Å². The van der Waals surface area contributed by atoms with Gasteiger partial charge in [0.05, 0.1) is 0 Å². The number of carbonyl (C=O) groups excluding carboxylic acids is 1. The lowest BCUT2D eigenvalue weighted by Crippen LogP contribution is -2.23. The molecule has 2 aromatic rings. The number of aryl methyl sites for hydroxylation is 1. The Morgan fingerprint density at radius 3 is 2.50 bits per heavy atom. The number of nitrogens with one attached hydrogen (secondary N) is 1. The summed E-state index contributed by atoms with van der Waals surface area (Å²) in [5.41, 5.74) is 9.36. The minimum absolute atomic E-state index is 0.0911. The summed E-state index contributed by atoms with van der Waals surface area (Å²) in [4.78, 5) is 12.1. The fourth-order valence-electron chi connectivity index (χ4n) is 1.95. The van der Waals surface area contributed by atoms with Gasteiger partial charge in [-0.05, 0) is 47.9 Å². The van der Waals surface area contributed by atoms with Gasteiger partial charge in [-0.25, -0.2) is 0 Å². The molecular weight excluding hydrogens is 272 g/mol. The minimum atomic E-state index is -0.0911. The molecule has 3 N–H and O–H groups in total. The fraction of sp³-hybridized carbons (Fsp3) is 0.188. The molecular formula is C16H17ClN2O. The summed E-state index contributed by atoms with van der Waals surface area (Å²) in [6, 6.07) is 13.0. The van der Waals surface area contributed by atoms with Gasteiger partial charge in [-0.15, -0.1) is 0 Å². The van der Waals surface area contributed by atoms with E-state index >= 15 is 0 Å². The largest absolute Gasteiger partial charge is 0.348 e. The van der Waals surface area contributed by atoms with Crippen LogP contribution < -0.4 is 11.1 Å². The highest BCUT2D eigenvalue weighted by Gasteiger charge is 2.07. The van der Waals surface area contributed by atoms with Gasteiger partial charge >= 0.3 is 0 Å². The van der Waals surface area contributed by atoms with Crippen LogP contribution in [0.5, 0.6) is 0 Å². The topological polar surface area (TPSA) is 55.1 Å². The van der Waals surface area contributed by atoms with Crippen molar-refractivity contribution < 1.29 is 4.79 Å². The van der Waals surface area contributed by atoms with E-state index in [1.165, 1.54) is 0 Å². The number of hydrogen-bond donors (Lipinski definition) is 2. The van der Waals surface area contributed by atoms with Gasteiger partial charge in [-0.2, -0.15) is 0 Å². The maximum Gasteiger partial charge on any atom is 0.251 e. The molecule has 0 aliphatic carbocycles. The molecule has 0 saturated carbocycles. The van der Waals surface area contributed by atoms with Crippen molar-refractivity contribution in [2.24, 2.45) is 5.73 Å². The number of rotatable bonds is 4. The van der Waals surface area contributed by atoms with E-state index in [0.717, 1.165) is 16.7 Å². The SMILES string of the molecule is Cc1cc(C(=O)NCc2ccc(Cl)cc2)ccc1CN. The Kier molecular flexibility index (Phi) is 4.77. The van der Waals surface area contributed by atoms with Crippen molar-refractivity contribution in [2.45, 2.75) is 20.0 Å². The molecule has 0 heterocycles. The number of carbonyl (C=O) groups is 1. The lowest BCUT2D eigenvalue weighted by Gasteiger charge is -2.08.